The molecule has 0 aromatic rings. The molecule has 0 radical (unpaired) electrons. The molecule has 0 aliphatic rings. The maximum absolute atomic E-state index is 11.8. The SMILES string of the molecule is CC(C)OC(=O)C(NC(=O)C(N)C(C)C)C(C)C.Cl. The topological polar surface area (TPSA) is 81.4 Å². The summed E-state index contributed by atoms with van der Waals surface area (Å²) in [5.41, 5.74) is 5.75. The number of ether oxygens (including phenoxy) is 1. The summed E-state index contributed by atoms with van der Waals surface area (Å²) in [6.07, 6.45) is -0.200. The standard InChI is InChI=1S/C13H26N2O3.ClH/c1-7(2)10(14)12(16)15-11(8(3)4)13(17)18-9(5)6;/h7-11H,14H2,1-6H3,(H,15,16);1H. The van der Waals surface area contributed by atoms with Gasteiger partial charge in [0.25, 0.3) is 0 Å². The van der Waals surface area contributed by atoms with Crippen LogP contribution in [0.1, 0.15) is 41.5 Å². The van der Waals surface area contributed by atoms with Crippen molar-refractivity contribution in [3.63, 3.8) is 0 Å². The molecule has 6 heteroatoms. The monoisotopic (exact) mass is 294 g/mol. The van der Waals surface area contributed by atoms with Gasteiger partial charge in [0.2, 0.25) is 5.91 Å². The van der Waals surface area contributed by atoms with Gasteiger partial charge in [-0.25, -0.2) is 4.79 Å². The second-order valence-electron chi connectivity index (χ2n) is 5.49. The summed E-state index contributed by atoms with van der Waals surface area (Å²) >= 11 is 0. The van der Waals surface area contributed by atoms with Crippen LogP contribution in [0.4, 0.5) is 0 Å². The summed E-state index contributed by atoms with van der Waals surface area (Å²) in [5, 5.41) is 2.66. The highest BCUT2D eigenvalue weighted by Gasteiger charge is 2.29. The van der Waals surface area contributed by atoms with Crippen LogP contribution in [0.15, 0.2) is 0 Å². The first kappa shape index (κ1) is 20.5. The van der Waals surface area contributed by atoms with Crippen molar-refractivity contribution < 1.29 is 14.3 Å². The summed E-state index contributed by atoms with van der Waals surface area (Å²) in [7, 11) is 0. The van der Waals surface area contributed by atoms with Gasteiger partial charge in [-0.3, -0.25) is 4.79 Å². The molecule has 114 valence electrons. The van der Waals surface area contributed by atoms with Gasteiger partial charge in [0.1, 0.15) is 6.04 Å². The van der Waals surface area contributed by atoms with Gasteiger partial charge in [0, 0.05) is 0 Å². The lowest BCUT2D eigenvalue weighted by Crippen LogP contribution is -2.52. The van der Waals surface area contributed by atoms with E-state index < -0.39 is 18.1 Å². The van der Waals surface area contributed by atoms with Crippen LogP contribution in [0.2, 0.25) is 0 Å². The number of carbonyl (C=O) groups is 2. The van der Waals surface area contributed by atoms with Crippen LogP contribution in [0.3, 0.4) is 0 Å². The molecule has 0 saturated heterocycles. The van der Waals surface area contributed by atoms with Crippen molar-refractivity contribution in [1.82, 2.24) is 5.32 Å². The molecule has 0 spiro atoms. The molecule has 0 rings (SSSR count). The Morgan fingerprint density at radius 1 is 1.00 bits per heavy atom. The van der Waals surface area contributed by atoms with Crippen LogP contribution >= 0.6 is 12.4 Å². The average Bonchev–Trinajstić information content (AvgIpc) is 2.22. The molecular formula is C13H27ClN2O3. The number of amides is 1. The van der Waals surface area contributed by atoms with Crippen molar-refractivity contribution in [3.05, 3.63) is 0 Å². The van der Waals surface area contributed by atoms with E-state index in [1.54, 1.807) is 13.8 Å². The van der Waals surface area contributed by atoms with Gasteiger partial charge >= 0.3 is 5.97 Å². The summed E-state index contributed by atoms with van der Waals surface area (Å²) in [5.74, 6) is -0.743. The van der Waals surface area contributed by atoms with Crippen LogP contribution in [-0.4, -0.2) is 30.1 Å². The van der Waals surface area contributed by atoms with Gasteiger partial charge in [-0.1, -0.05) is 27.7 Å². The smallest absolute Gasteiger partial charge is 0.329 e. The number of nitrogens with two attached hydrogens (primary N) is 1. The van der Waals surface area contributed by atoms with E-state index in [2.05, 4.69) is 5.32 Å². The number of rotatable bonds is 6. The molecule has 0 bridgehead atoms. The molecule has 1 amide bonds. The van der Waals surface area contributed by atoms with E-state index in [4.69, 9.17) is 10.5 Å². The zero-order valence-electron chi connectivity index (χ0n) is 12.6. The van der Waals surface area contributed by atoms with Crippen LogP contribution < -0.4 is 11.1 Å². The fraction of sp³-hybridized carbons (Fsp3) is 0.846. The lowest BCUT2D eigenvalue weighted by atomic mass is 10.0. The third-order valence-corrected chi connectivity index (χ3v) is 2.59. The van der Waals surface area contributed by atoms with E-state index in [-0.39, 0.29) is 36.3 Å². The summed E-state index contributed by atoms with van der Waals surface area (Å²) in [6.45, 7) is 11.0. The summed E-state index contributed by atoms with van der Waals surface area (Å²) < 4.78 is 5.12. The van der Waals surface area contributed by atoms with Gasteiger partial charge in [0.05, 0.1) is 12.1 Å². The number of hydrogen-bond acceptors (Lipinski definition) is 4. The molecule has 0 fully saturated rings. The van der Waals surface area contributed by atoms with Gasteiger partial charge in [-0.15, -0.1) is 12.4 Å². The zero-order valence-corrected chi connectivity index (χ0v) is 13.4. The first-order valence-electron chi connectivity index (χ1n) is 6.43. The molecular weight excluding hydrogens is 268 g/mol. The molecule has 3 N–H and O–H groups in total. The van der Waals surface area contributed by atoms with Crippen LogP contribution in [-0.2, 0) is 14.3 Å². The highest BCUT2D eigenvalue weighted by Crippen LogP contribution is 2.07. The van der Waals surface area contributed by atoms with E-state index in [9.17, 15) is 9.59 Å². The molecule has 0 saturated carbocycles. The van der Waals surface area contributed by atoms with Crippen molar-refractivity contribution in [2.45, 2.75) is 59.7 Å². The molecule has 0 aliphatic carbocycles. The molecule has 0 aliphatic heterocycles. The molecule has 2 atom stereocenters. The Morgan fingerprint density at radius 3 is 1.79 bits per heavy atom. The molecule has 0 aromatic heterocycles. The van der Waals surface area contributed by atoms with Crippen molar-refractivity contribution in [2.75, 3.05) is 0 Å². The number of hydrogen-bond donors (Lipinski definition) is 2. The Kier molecular flexibility index (Phi) is 9.88. The highest BCUT2D eigenvalue weighted by atomic mass is 35.5. The summed E-state index contributed by atoms with van der Waals surface area (Å²) in [4.78, 5) is 23.7. The van der Waals surface area contributed by atoms with Crippen molar-refractivity contribution >= 4 is 24.3 Å². The van der Waals surface area contributed by atoms with Crippen LogP contribution in [0.25, 0.3) is 0 Å². The molecule has 19 heavy (non-hydrogen) atoms. The Hall–Kier alpha value is -0.810. The van der Waals surface area contributed by atoms with E-state index in [0.29, 0.717) is 0 Å². The minimum absolute atomic E-state index is 0. The van der Waals surface area contributed by atoms with Crippen LogP contribution in [0, 0.1) is 11.8 Å². The van der Waals surface area contributed by atoms with Crippen LogP contribution in [0.5, 0.6) is 0 Å². The number of nitrogens with one attached hydrogen (secondary N) is 1. The fourth-order valence-electron chi connectivity index (χ4n) is 1.36. The summed E-state index contributed by atoms with van der Waals surface area (Å²) in [6, 6.07) is -1.26. The normalized spacial score (nSPS) is 14.0. The van der Waals surface area contributed by atoms with Crippen molar-refractivity contribution in [1.29, 1.82) is 0 Å². The Bertz CT molecular complexity index is 294. The van der Waals surface area contributed by atoms with E-state index in [0.717, 1.165) is 0 Å². The minimum atomic E-state index is -0.648. The van der Waals surface area contributed by atoms with Gasteiger partial charge in [-0.05, 0) is 25.7 Å². The predicted octanol–water partition coefficient (Wildman–Crippen LogP) is 1.48. The largest absolute Gasteiger partial charge is 0.461 e. The maximum atomic E-state index is 11.8. The minimum Gasteiger partial charge on any atom is -0.461 e. The number of halogens is 1. The van der Waals surface area contributed by atoms with E-state index in [1.165, 1.54) is 0 Å². The fourth-order valence-corrected chi connectivity index (χ4v) is 1.36. The lowest BCUT2D eigenvalue weighted by molar-refractivity contribution is -0.153. The highest BCUT2D eigenvalue weighted by molar-refractivity contribution is 5.87. The lowest BCUT2D eigenvalue weighted by Gasteiger charge is -2.24. The number of esters is 1. The first-order chi connectivity index (χ1) is 8.16. The van der Waals surface area contributed by atoms with Crippen molar-refractivity contribution in [3.8, 4) is 0 Å². The Labute approximate surface area is 122 Å². The maximum Gasteiger partial charge on any atom is 0.329 e. The second-order valence-corrected chi connectivity index (χ2v) is 5.49. The predicted molar refractivity (Wildman–Crippen MR) is 78.1 cm³/mol. The van der Waals surface area contributed by atoms with Gasteiger partial charge < -0.3 is 15.8 Å². The van der Waals surface area contributed by atoms with E-state index in [1.807, 2.05) is 27.7 Å². The Morgan fingerprint density at radius 2 is 1.47 bits per heavy atom. The third kappa shape index (κ3) is 7.38. The quantitative estimate of drug-likeness (QED) is 0.727. The van der Waals surface area contributed by atoms with Crippen molar-refractivity contribution in [2.24, 2.45) is 17.6 Å². The molecule has 0 heterocycles. The number of carbonyl (C=O) groups excluding carboxylic acids is 2. The molecule has 5 nitrogen and oxygen atoms in total. The van der Waals surface area contributed by atoms with E-state index >= 15 is 0 Å². The second kappa shape index (κ2) is 9.15. The first-order valence-corrected chi connectivity index (χ1v) is 6.43. The zero-order chi connectivity index (χ0) is 14.5. The Balaban J connectivity index is 0. The molecule has 0 aromatic carbocycles. The van der Waals surface area contributed by atoms with Gasteiger partial charge in [0.15, 0.2) is 0 Å². The molecule has 2 unspecified atom stereocenters. The third-order valence-electron chi connectivity index (χ3n) is 2.59. The van der Waals surface area contributed by atoms with Gasteiger partial charge in [-0.2, -0.15) is 0 Å². The average molecular weight is 295 g/mol.